The summed E-state index contributed by atoms with van der Waals surface area (Å²) in [4.78, 5) is 52.3. The minimum atomic E-state index is -0.219. The van der Waals surface area contributed by atoms with E-state index in [2.05, 4.69) is 10.3 Å². The van der Waals surface area contributed by atoms with Crippen LogP contribution in [0, 0.1) is 37.0 Å². The number of carbonyl (C=O) groups excluding carboxylic acids is 3. The predicted octanol–water partition coefficient (Wildman–Crippen LogP) is 3.30. The minimum Gasteiger partial charge on any atom is -0.315 e. The van der Waals surface area contributed by atoms with Crippen molar-refractivity contribution in [2.45, 2.75) is 34.2 Å². The molecule has 0 radical (unpaired) electrons. The van der Waals surface area contributed by atoms with Crippen molar-refractivity contribution >= 4 is 45.0 Å². The van der Waals surface area contributed by atoms with Gasteiger partial charge in [-0.25, -0.2) is 0 Å². The second kappa shape index (κ2) is 7.91. The molecule has 9 heteroatoms. The molecule has 1 N–H and O–H groups in total. The number of thiophene rings is 1. The summed E-state index contributed by atoms with van der Waals surface area (Å²) in [6, 6.07) is 5.88. The first-order valence-electron chi connectivity index (χ1n) is 12.3. The monoisotopic (exact) mass is 503 g/mol. The molecular weight excluding hydrogens is 474 g/mol. The Morgan fingerprint density at radius 2 is 1.89 bits per heavy atom. The highest BCUT2D eigenvalue weighted by atomic mass is 32.1. The number of imide groups is 1. The highest BCUT2D eigenvalue weighted by molar-refractivity contribution is 7.19. The number of rotatable bonds is 5. The van der Waals surface area contributed by atoms with Crippen molar-refractivity contribution in [3.05, 3.63) is 40.5 Å². The number of piperidine rings is 1. The summed E-state index contributed by atoms with van der Waals surface area (Å²) >= 11 is 1.53. The molecule has 1 aliphatic carbocycles. The van der Waals surface area contributed by atoms with E-state index in [4.69, 9.17) is 4.98 Å². The van der Waals surface area contributed by atoms with Crippen LogP contribution in [0.15, 0.2) is 24.4 Å². The molecule has 2 atom stereocenters. The van der Waals surface area contributed by atoms with Gasteiger partial charge in [-0.1, -0.05) is 13.8 Å². The highest BCUT2D eigenvalue weighted by Gasteiger charge is 2.72. The molecule has 3 amide bonds. The van der Waals surface area contributed by atoms with Gasteiger partial charge in [0.2, 0.25) is 17.7 Å². The van der Waals surface area contributed by atoms with Gasteiger partial charge in [0.25, 0.3) is 0 Å². The van der Waals surface area contributed by atoms with Crippen molar-refractivity contribution in [2.24, 2.45) is 23.2 Å². The van der Waals surface area contributed by atoms with Gasteiger partial charge in [-0.3, -0.25) is 29.3 Å². The topological polar surface area (TPSA) is 95.5 Å². The first-order valence-corrected chi connectivity index (χ1v) is 13.1. The zero-order valence-electron chi connectivity index (χ0n) is 21.1. The number of hydrogen-bond acceptors (Lipinski definition) is 7. The van der Waals surface area contributed by atoms with Crippen molar-refractivity contribution in [3.8, 4) is 11.3 Å². The normalized spacial score (nSPS) is 22.6. The van der Waals surface area contributed by atoms with Gasteiger partial charge in [-0.2, -0.15) is 0 Å². The van der Waals surface area contributed by atoms with Crippen molar-refractivity contribution < 1.29 is 14.4 Å². The van der Waals surface area contributed by atoms with E-state index >= 15 is 0 Å². The number of anilines is 1. The van der Waals surface area contributed by atoms with Crippen LogP contribution < -0.4 is 10.2 Å². The van der Waals surface area contributed by atoms with Crippen molar-refractivity contribution in [2.75, 3.05) is 25.0 Å². The number of fused-ring (bicyclic) bond motifs is 2. The third-order valence-electron chi connectivity index (χ3n) is 8.03. The Morgan fingerprint density at radius 3 is 2.53 bits per heavy atom. The van der Waals surface area contributed by atoms with Crippen LogP contribution >= 0.6 is 11.3 Å². The highest BCUT2D eigenvalue weighted by Crippen LogP contribution is 2.63. The van der Waals surface area contributed by atoms with E-state index in [0.29, 0.717) is 13.1 Å². The maximum absolute atomic E-state index is 13.1. The summed E-state index contributed by atoms with van der Waals surface area (Å²) in [6.07, 6.45) is 1.75. The van der Waals surface area contributed by atoms with Crippen LogP contribution in [-0.2, 0) is 20.9 Å². The maximum Gasteiger partial charge on any atom is 0.234 e. The maximum atomic E-state index is 13.1. The predicted molar refractivity (Wildman–Crippen MR) is 138 cm³/mol. The van der Waals surface area contributed by atoms with Crippen molar-refractivity contribution in [3.63, 3.8) is 0 Å². The molecule has 3 fully saturated rings. The Bertz CT molecular complexity index is 1430. The fraction of sp³-hybridized carbons (Fsp3) is 0.444. The van der Waals surface area contributed by atoms with Crippen LogP contribution in [0.1, 0.15) is 30.0 Å². The molecule has 0 spiro atoms. The van der Waals surface area contributed by atoms with Gasteiger partial charge in [0.15, 0.2) is 0 Å². The second-order valence-electron chi connectivity index (χ2n) is 10.9. The number of likely N-dealkylation sites (tertiary alicyclic amines) is 1. The number of hydrogen-bond donors (Lipinski definition) is 1. The Kier molecular flexibility index (Phi) is 5.11. The molecule has 1 saturated carbocycles. The molecule has 8 nitrogen and oxygen atoms in total. The molecule has 2 aliphatic heterocycles. The van der Waals surface area contributed by atoms with Gasteiger partial charge in [-0.05, 0) is 43.0 Å². The van der Waals surface area contributed by atoms with Gasteiger partial charge >= 0.3 is 0 Å². The molecule has 0 bridgehead atoms. The van der Waals surface area contributed by atoms with Gasteiger partial charge in [0.1, 0.15) is 0 Å². The molecule has 3 aromatic rings. The summed E-state index contributed by atoms with van der Waals surface area (Å²) in [6.45, 7) is 9.58. The van der Waals surface area contributed by atoms with Crippen molar-refractivity contribution in [1.82, 2.24) is 20.2 Å². The summed E-state index contributed by atoms with van der Waals surface area (Å²) in [7, 11) is 1.82. The number of amides is 3. The number of aromatic nitrogens is 2. The van der Waals surface area contributed by atoms with E-state index in [1.54, 1.807) is 11.1 Å². The van der Waals surface area contributed by atoms with Gasteiger partial charge < -0.3 is 10.2 Å². The average Bonchev–Trinajstić information content (AvgIpc) is 3.02. The Balaban J connectivity index is 1.38. The van der Waals surface area contributed by atoms with Crippen LogP contribution in [0.2, 0.25) is 0 Å². The quantitative estimate of drug-likeness (QED) is 0.537. The average molecular weight is 504 g/mol. The van der Waals surface area contributed by atoms with E-state index in [9.17, 15) is 14.4 Å². The lowest BCUT2D eigenvalue weighted by Gasteiger charge is -2.32. The molecule has 0 aromatic carbocycles. The zero-order chi connectivity index (χ0) is 25.5. The molecule has 6 rings (SSSR count). The standard InChI is InChI=1S/C27H29N5O3S/c1-13-8-14(2)30-21(22(13)31(5)24(33)15-10-28-11-15)17-6-7-29-18-9-16(36-23(17)18)12-32-25(34)19-20(26(32)35)27(19,3)4/h6-9,15,19-20,28H,10-12H2,1-5H3. The van der Waals surface area contributed by atoms with Crippen LogP contribution in [0.4, 0.5) is 5.69 Å². The first kappa shape index (κ1) is 23.2. The number of carbonyl (C=O) groups is 3. The Hall–Kier alpha value is -3.17. The van der Waals surface area contributed by atoms with E-state index in [-0.39, 0.29) is 47.4 Å². The Morgan fingerprint density at radius 1 is 1.19 bits per heavy atom. The third kappa shape index (κ3) is 3.33. The lowest BCUT2D eigenvalue weighted by Crippen LogP contribution is -2.51. The molecule has 36 heavy (non-hydrogen) atoms. The van der Waals surface area contributed by atoms with E-state index in [1.165, 1.54) is 16.2 Å². The second-order valence-corrected chi connectivity index (χ2v) is 12.0. The van der Waals surface area contributed by atoms with Crippen molar-refractivity contribution in [1.29, 1.82) is 0 Å². The van der Waals surface area contributed by atoms with Crippen LogP contribution in [0.25, 0.3) is 21.5 Å². The van der Waals surface area contributed by atoms with Crippen LogP contribution in [0.3, 0.4) is 0 Å². The van der Waals surface area contributed by atoms with E-state index < -0.39 is 0 Å². The molecule has 3 aliphatic rings. The Labute approximate surface area is 213 Å². The lowest BCUT2D eigenvalue weighted by atomic mass is 9.99. The number of nitrogens with zero attached hydrogens (tertiary/aromatic N) is 4. The first-order chi connectivity index (χ1) is 17.1. The smallest absolute Gasteiger partial charge is 0.234 e. The van der Waals surface area contributed by atoms with E-state index in [0.717, 1.165) is 43.3 Å². The zero-order valence-corrected chi connectivity index (χ0v) is 21.9. The minimum absolute atomic E-state index is 0.0268. The van der Waals surface area contributed by atoms with Gasteiger partial charge in [-0.15, -0.1) is 11.3 Å². The largest absolute Gasteiger partial charge is 0.315 e. The lowest BCUT2D eigenvalue weighted by molar-refractivity contribution is -0.143. The number of aryl methyl sites for hydroxylation is 2. The molecule has 5 heterocycles. The van der Waals surface area contributed by atoms with Crippen LogP contribution in [-0.4, -0.2) is 52.7 Å². The summed E-state index contributed by atoms with van der Waals surface area (Å²) in [5, 5.41) is 3.17. The fourth-order valence-corrected chi connectivity index (χ4v) is 6.97. The van der Waals surface area contributed by atoms with Crippen LogP contribution in [0.5, 0.6) is 0 Å². The number of nitrogens with one attached hydrogen (secondary N) is 1. The van der Waals surface area contributed by atoms with Gasteiger partial charge in [0.05, 0.1) is 45.9 Å². The molecule has 2 unspecified atom stereocenters. The molecule has 186 valence electrons. The molecular formula is C27H29N5O3S. The van der Waals surface area contributed by atoms with E-state index in [1.807, 2.05) is 52.9 Å². The third-order valence-corrected chi connectivity index (χ3v) is 9.17. The molecule has 3 aromatic heterocycles. The fourth-order valence-electron chi connectivity index (χ4n) is 5.86. The SMILES string of the molecule is Cc1cc(C)c(N(C)C(=O)C2CNC2)c(-c2ccnc3cc(CN4C(=O)C5C(C4=O)C5(C)C)sc23)n1. The summed E-state index contributed by atoms with van der Waals surface area (Å²) < 4.78 is 0.932. The van der Waals surface area contributed by atoms with Gasteiger partial charge in [0, 0.05) is 42.5 Å². The summed E-state index contributed by atoms with van der Waals surface area (Å²) in [5.74, 6) is -0.452. The number of pyridine rings is 2. The molecule has 2 saturated heterocycles. The summed E-state index contributed by atoms with van der Waals surface area (Å²) in [5.41, 5.74) is 4.87.